The Morgan fingerprint density at radius 2 is 1.12 bits per heavy atom. The van der Waals surface area contributed by atoms with Gasteiger partial charge >= 0.3 is 0 Å². The largest absolute Gasteiger partial charge is 0.378 e. The molecule has 2 aromatic carbocycles. The van der Waals surface area contributed by atoms with Crippen LogP contribution in [0.2, 0.25) is 0 Å². The van der Waals surface area contributed by atoms with Crippen LogP contribution in [0.4, 0.5) is 34.5 Å². The molecule has 166 valence electrons. The van der Waals surface area contributed by atoms with Crippen LogP contribution in [0.3, 0.4) is 0 Å². The first-order chi connectivity index (χ1) is 15.8. The number of rotatable bonds is 6. The summed E-state index contributed by atoms with van der Waals surface area (Å²) >= 11 is 0. The molecule has 0 bridgehead atoms. The SMILES string of the molecule is c1cc(Nc2ccc(N3CCOCC3)cc2)nc(Nc2ccc(N3CCOCC3)cc2)n1. The Kier molecular flexibility index (Phi) is 6.32. The minimum atomic E-state index is 0.555. The van der Waals surface area contributed by atoms with E-state index in [-0.39, 0.29) is 0 Å². The molecule has 0 atom stereocenters. The van der Waals surface area contributed by atoms with Crippen molar-refractivity contribution in [1.29, 1.82) is 0 Å². The number of anilines is 6. The molecule has 8 heteroatoms. The van der Waals surface area contributed by atoms with E-state index < -0.39 is 0 Å². The second kappa shape index (κ2) is 9.84. The summed E-state index contributed by atoms with van der Waals surface area (Å²) in [5.74, 6) is 1.30. The number of nitrogens with zero attached hydrogens (tertiary/aromatic N) is 4. The molecule has 2 aliphatic rings. The van der Waals surface area contributed by atoms with Gasteiger partial charge in [0.25, 0.3) is 0 Å². The van der Waals surface area contributed by atoms with E-state index in [1.54, 1.807) is 6.20 Å². The van der Waals surface area contributed by atoms with Crippen LogP contribution in [0.15, 0.2) is 60.8 Å². The number of morpholine rings is 2. The highest BCUT2D eigenvalue weighted by atomic mass is 16.5. The molecular formula is C24H28N6O2. The van der Waals surface area contributed by atoms with Gasteiger partial charge in [0.05, 0.1) is 26.4 Å². The van der Waals surface area contributed by atoms with Crippen molar-refractivity contribution < 1.29 is 9.47 Å². The minimum Gasteiger partial charge on any atom is -0.378 e. The lowest BCUT2D eigenvalue weighted by Gasteiger charge is -2.29. The summed E-state index contributed by atoms with van der Waals surface area (Å²) in [6, 6.07) is 18.6. The molecule has 0 unspecified atom stereocenters. The molecule has 2 aliphatic heterocycles. The number of ether oxygens (including phenoxy) is 2. The first-order valence-electron chi connectivity index (χ1n) is 11.1. The molecular weight excluding hydrogens is 404 g/mol. The predicted octanol–water partition coefficient (Wildman–Crippen LogP) is 3.64. The van der Waals surface area contributed by atoms with Crippen LogP contribution in [0.5, 0.6) is 0 Å². The summed E-state index contributed by atoms with van der Waals surface area (Å²) in [5.41, 5.74) is 4.36. The second-order valence-electron chi connectivity index (χ2n) is 7.81. The van der Waals surface area contributed by atoms with Gasteiger partial charge in [-0.05, 0) is 54.6 Å². The first kappa shape index (κ1) is 20.5. The highest BCUT2D eigenvalue weighted by molar-refractivity contribution is 5.63. The van der Waals surface area contributed by atoms with Gasteiger partial charge in [-0.15, -0.1) is 0 Å². The van der Waals surface area contributed by atoms with E-state index in [1.165, 1.54) is 11.4 Å². The van der Waals surface area contributed by atoms with Crippen molar-refractivity contribution in [3.63, 3.8) is 0 Å². The fourth-order valence-corrected chi connectivity index (χ4v) is 3.92. The molecule has 0 aliphatic carbocycles. The zero-order valence-electron chi connectivity index (χ0n) is 18.0. The lowest BCUT2D eigenvalue weighted by molar-refractivity contribution is 0.122. The second-order valence-corrected chi connectivity index (χ2v) is 7.81. The molecule has 3 aromatic rings. The smallest absolute Gasteiger partial charge is 0.229 e. The Morgan fingerprint density at radius 1 is 0.625 bits per heavy atom. The molecule has 3 heterocycles. The average Bonchev–Trinajstić information content (AvgIpc) is 2.86. The Labute approximate surface area is 188 Å². The van der Waals surface area contributed by atoms with Crippen molar-refractivity contribution >= 4 is 34.5 Å². The van der Waals surface area contributed by atoms with Gasteiger partial charge in [-0.3, -0.25) is 0 Å². The van der Waals surface area contributed by atoms with Crippen LogP contribution in [-0.4, -0.2) is 62.6 Å². The molecule has 5 rings (SSSR count). The third kappa shape index (κ3) is 5.09. The molecule has 2 fully saturated rings. The fourth-order valence-electron chi connectivity index (χ4n) is 3.92. The monoisotopic (exact) mass is 432 g/mol. The third-order valence-electron chi connectivity index (χ3n) is 5.67. The van der Waals surface area contributed by atoms with E-state index in [9.17, 15) is 0 Å². The van der Waals surface area contributed by atoms with E-state index in [0.29, 0.717) is 5.95 Å². The summed E-state index contributed by atoms with van der Waals surface area (Å²) in [6.07, 6.45) is 1.75. The first-order valence-corrected chi connectivity index (χ1v) is 11.1. The van der Waals surface area contributed by atoms with Crippen molar-refractivity contribution in [2.45, 2.75) is 0 Å². The zero-order valence-corrected chi connectivity index (χ0v) is 18.0. The average molecular weight is 433 g/mol. The van der Waals surface area contributed by atoms with Gasteiger partial charge < -0.3 is 29.9 Å². The van der Waals surface area contributed by atoms with Gasteiger partial charge in [0.15, 0.2) is 0 Å². The highest BCUT2D eigenvalue weighted by Gasteiger charge is 2.12. The summed E-state index contributed by atoms with van der Waals surface area (Å²) in [4.78, 5) is 13.6. The molecule has 0 spiro atoms. The molecule has 0 radical (unpaired) electrons. The molecule has 0 saturated carbocycles. The van der Waals surface area contributed by atoms with Gasteiger partial charge in [0, 0.05) is 55.1 Å². The predicted molar refractivity (Wildman–Crippen MR) is 128 cm³/mol. The zero-order chi connectivity index (χ0) is 21.6. The van der Waals surface area contributed by atoms with Crippen LogP contribution < -0.4 is 20.4 Å². The Bertz CT molecular complexity index is 921. The topological polar surface area (TPSA) is 74.8 Å². The van der Waals surface area contributed by atoms with Crippen molar-refractivity contribution in [3.8, 4) is 0 Å². The minimum absolute atomic E-state index is 0.555. The van der Waals surface area contributed by atoms with Crippen LogP contribution >= 0.6 is 0 Å². The maximum Gasteiger partial charge on any atom is 0.229 e. The summed E-state index contributed by atoms with van der Waals surface area (Å²) in [6.45, 7) is 6.85. The Balaban J connectivity index is 1.21. The molecule has 2 saturated heterocycles. The van der Waals surface area contributed by atoms with E-state index in [0.717, 1.165) is 69.8 Å². The number of hydrogen-bond donors (Lipinski definition) is 2. The molecule has 1 aromatic heterocycles. The van der Waals surface area contributed by atoms with Gasteiger partial charge in [0.1, 0.15) is 5.82 Å². The van der Waals surface area contributed by atoms with E-state index in [4.69, 9.17) is 9.47 Å². The lowest BCUT2D eigenvalue weighted by atomic mass is 10.2. The lowest BCUT2D eigenvalue weighted by Crippen LogP contribution is -2.36. The number of aromatic nitrogens is 2. The molecule has 2 N–H and O–H groups in total. The normalized spacial score (nSPS) is 16.6. The Morgan fingerprint density at radius 3 is 1.66 bits per heavy atom. The van der Waals surface area contributed by atoms with E-state index >= 15 is 0 Å². The van der Waals surface area contributed by atoms with Crippen LogP contribution in [0, 0.1) is 0 Å². The van der Waals surface area contributed by atoms with Gasteiger partial charge in [-0.1, -0.05) is 0 Å². The summed E-state index contributed by atoms with van der Waals surface area (Å²) < 4.78 is 10.9. The maximum absolute atomic E-state index is 5.43. The Hall–Kier alpha value is -3.36. The summed E-state index contributed by atoms with van der Waals surface area (Å²) in [5, 5.41) is 6.65. The number of hydrogen-bond acceptors (Lipinski definition) is 8. The van der Waals surface area contributed by atoms with Crippen LogP contribution in [0.25, 0.3) is 0 Å². The summed E-state index contributed by atoms with van der Waals surface area (Å²) in [7, 11) is 0. The number of nitrogens with one attached hydrogen (secondary N) is 2. The van der Waals surface area contributed by atoms with Crippen LogP contribution in [0.1, 0.15) is 0 Å². The van der Waals surface area contributed by atoms with Gasteiger partial charge in [-0.2, -0.15) is 4.98 Å². The van der Waals surface area contributed by atoms with Gasteiger partial charge in [-0.25, -0.2) is 4.98 Å². The third-order valence-corrected chi connectivity index (χ3v) is 5.67. The van der Waals surface area contributed by atoms with E-state index in [2.05, 4.69) is 78.9 Å². The standard InChI is InChI=1S/C24H28N6O2/c1-5-21(29-11-15-31-16-12-29)6-2-19(1)26-23-9-10-25-24(28-23)27-20-3-7-22(8-4-20)30-13-17-32-18-14-30/h1-10H,11-18H2,(H2,25,26,27,28). The molecule has 0 amide bonds. The van der Waals surface area contributed by atoms with Crippen LogP contribution in [-0.2, 0) is 9.47 Å². The quantitative estimate of drug-likeness (QED) is 0.612. The van der Waals surface area contributed by atoms with Crippen molar-refractivity contribution in [2.75, 3.05) is 73.0 Å². The fraction of sp³-hybridized carbons (Fsp3) is 0.333. The maximum atomic E-state index is 5.43. The molecule has 32 heavy (non-hydrogen) atoms. The van der Waals surface area contributed by atoms with E-state index in [1.807, 2.05) is 6.07 Å². The van der Waals surface area contributed by atoms with Crippen molar-refractivity contribution in [2.24, 2.45) is 0 Å². The van der Waals surface area contributed by atoms with Crippen molar-refractivity contribution in [3.05, 3.63) is 60.8 Å². The van der Waals surface area contributed by atoms with Crippen molar-refractivity contribution in [1.82, 2.24) is 9.97 Å². The van der Waals surface area contributed by atoms with Gasteiger partial charge in [0.2, 0.25) is 5.95 Å². The number of benzene rings is 2. The molecule has 8 nitrogen and oxygen atoms in total. The highest BCUT2D eigenvalue weighted by Crippen LogP contribution is 2.23.